The fraction of sp³-hybridized carbons (Fsp3) is 0.818. The Labute approximate surface area is 94.0 Å². The number of aliphatic hydroxyl groups is 1. The van der Waals surface area contributed by atoms with E-state index in [1.807, 2.05) is 0 Å². The molecule has 2 N–H and O–H groups in total. The van der Waals surface area contributed by atoms with Crippen LogP contribution in [-0.4, -0.2) is 46.2 Å². The fourth-order valence-corrected chi connectivity index (χ4v) is 2.59. The van der Waals surface area contributed by atoms with Crippen LogP contribution in [0.1, 0.15) is 25.7 Å². The molecule has 0 aromatic carbocycles. The fourth-order valence-electron chi connectivity index (χ4n) is 2.59. The molecule has 1 saturated heterocycles. The number of likely N-dealkylation sites (tertiary alicyclic amines) is 1. The molecule has 90 valence electrons. The first-order valence-electron chi connectivity index (χ1n) is 5.79. The number of aliphatic carboxylic acids is 1. The second-order valence-corrected chi connectivity index (χ2v) is 4.73. The van der Waals surface area contributed by atoms with Gasteiger partial charge in [0.2, 0.25) is 5.91 Å². The van der Waals surface area contributed by atoms with E-state index in [0.717, 1.165) is 12.8 Å². The van der Waals surface area contributed by atoms with Crippen LogP contribution in [0.2, 0.25) is 0 Å². The van der Waals surface area contributed by atoms with Gasteiger partial charge in [-0.3, -0.25) is 9.59 Å². The summed E-state index contributed by atoms with van der Waals surface area (Å²) in [7, 11) is 0. The van der Waals surface area contributed by atoms with Gasteiger partial charge in [0.05, 0.1) is 17.9 Å². The summed E-state index contributed by atoms with van der Waals surface area (Å²) in [5, 5.41) is 18.2. The highest BCUT2D eigenvalue weighted by Crippen LogP contribution is 2.32. The standard InChI is InChI=1S/C11H17NO4/c13-7-5-12(6-7)10(14)8-3-1-2-4-9(8)11(15)16/h7-9,13H,1-6H2,(H,15,16). The van der Waals surface area contributed by atoms with Crippen molar-refractivity contribution in [3.63, 3.8) is 0 Å². The summed E-state index contributed by atoms with van der Waals surface area (Å²) in [4.78, 5) is 24.6. The van der Waals surface area contributed by atoms with Crippen molar-refractivity contribution < 1.29 is 19.8 Å². The molecular formula is C11H17NO4. The maximum atomic E-state index is 12.0. The van der Waals surface area contributed by atoms with Crippen LogP contribution in [0.25, 0.3) is 0 Å². The summed E-state index contributed by atoms with van der Waals surface area (Å²) in [5.41, 5.74) is 0. The minimum absolute atomic E-state index is 0.0857. The summed E-state index contributed by atoms with van der Waals surface area (Å²) in [6.07, 6.45) is 2.67. The zero-order chi connectivity index (χ0) is 11.7. The van der Waals surface area contributed by atoms with Gasteiger partial charge in [-0.25, -0.2) is 0 Å². The van der Waals surface area contributed by atoms with Crippen molar-refractivity contribution in [1.29, 1.82) is 0 Å². The van der Waals surface area contributed by atoms with Gasteiger partial charge in [0.25, 0.3) is 0 Å². The van der Waals surface area contributed by atoms with Gasteiger partial charge in [-0.2, -0.15) is 0 Å². The predicted molar refractivity (Wildman–Crippen MR) is 55.7 cm³/mol. The molecule has 0 radical (unpaired) electrons. The Morgan fingerprint density at radius 3 is 2.12 bits per heavy atom. The normalized spacial score (nSPS) is 30.9. The maximum absolute atomic E-state index is 12.0. The Morgan fingerprint density at radius 1 is 1.06 bits per heavy atom. The smallest absolute Gasteiger partial charge is 0.307 e. The van der Waals surface area contributed by atoms with Gasteiger partial charge >= 0.3 is 5.97 Å². The number of carboxylic acids is 1. The molecule has 16 heavy (non-hydrogen) atoms. The van der Waals surface area contributed by atoms with Crippen molar-refractivity contribution in [3.8, 4) is 0 Å². The first-order valence-corrected chi connectivity index (χ1v) is 5.79. The van der Waals surface area contributed by atoms with Crippen LogP contribution in [-0.2, 0) is 9.59 Å². The molecule has 5 nitrogen and oxygen atoms in total. The highest BCUT2D eigenvalue weighted by molar-refractivity contribution is 5.85. The van der Waals surface area contributed by atoms with Gasteiger partial charge in [0, 0.05) is 13.1 Å². The molecule has 2 fully saturated rings. The lowest BCUT2D eigenvalue weighted by Gasteiger charge is -2.40. The Kier molecular flexibility index (Phi) is 3.14. The van der Waals surface area contributed by atoms with Crippen molar-refractivity contribution in [2.45, 2.75) is 31.8 Å². The number of carbonyl (C=O) groups is 2. The average molecular weight is 227 g/mol. The van der Waals surface area contributed by atoms with Gasteiger partial charge in [0.15, 0.2) is 0 Å². The van der Waals surface area contributed by atoms with E-state index in [0.29, 0.717) is 25.9 Å². The van der Waals surface area contributed by atoms with Gasteiger partial charge in [-0.1, -0.05) is 12.8 Å². The van der Waals surface area contributed by atoms with Gasteiger partial charge in [-0.05, 0) is 12.8 Å². The third-order valence-electron chi connectivity index (χ3n) is 3.57. The van der Waals surface area contributed by atoms with E-state index in [4.69, 9.17) is 10.2 Å². The van der Waals surface area contributed by atoms with E-state index in [2.05, 4.69) is 0 Å². The van der Waals surface area contributed by atoms with Gasteiger partial charge in [-0.15, -0.1) is 0 Å². The molecule has 2 atom stereocenters. The van der Waals surface area contributed by atoms with Crippen molar-refractivity contribution in [1.82, 2.24) is 4.90 Å². The molecule has 0 aromatic rings. The lowest BCUT2D eigenvalue weighted by atomic mass is 9.78. The number of β-amino-alcohol motifs (C(OH)–C–C–N with tert-alkyl or cyclic N) is 1. The molecule has 1 amide bonds. The molecule has 1 aliphatic carbocycles. The summed E-state index contributed by atoms with van der Waals surface area (Å²) in [6.45, 7) is 0.726. The number of hydrogen-bond acceptors (Lipinski definition) is 3. The topological polar surface area (TPSA) is 77.8 Å². The number of carboxylic acid groups (broad SMARTS) is 1. The van der Waals surface area contributed by atoms with Crippen molar-refractivity contribution in [3.05, 3.63) is 0 Å². The largest absolute Gasteiger partial charge is 0.481 e. The molecule has 1 aliphatic heterocycles. The Hall–Kier alpha value is -1.10. The number of rotatable bonds is 2. The van der Waals surface area contributed by atoms with E-state index >= 15 is 0 Å². The molecule has 2 aliphatic rings. The zero-order valence-corrected chi connectivity index (χ0v) is 9.13. The zero-order valence-electron chi connectivity index (χ0n) is 9.13. The van der Waals surface area contributed by atoms with Gasteiger partial charge in [0.1, 0.15) is 0 Å². The van der Waals surface area contributed by atoms with Crippen LogP contribution in [0.4, 0.5) is 0 Å². The third-order valence-corrected chi connectivity index (χ3v) is 3.57. The first kappa shape index (κ1) is 11.4. The van der Waals surface area contributed by atoms with Crippen LogP contribution in [0.15, 0.2) is 0 Å². The molecule has 5 heteroatoms. The van der Waals surface area contributed by atoms with Crippen molar-refractivity contribution in [2.24, 2.45) is 11.8 Å². The molecule has 0 spiro atoms. The third kappa shape index (κ3) is 2.04. The van der Waals surface area contributed by atoms with E-state index < -0.39 is 18.0 Å². The number of amides is 1. The Morgan fingerprint density at radius 2 is 1.62 bits per heavy atom. The molecular weight excluding hydrogens is 210 g/mol. The molecule has 2 unspecified atom stereocenters. The van der Waals surface area contributed by atoms with E-state index in [1.165, 1.54) is 0 Å². The van der Waals surface area contributed by atoms with Gasteiger partial charge < -0.3 is 15.1 Å². The quantitative estimate of drug-likeness (QED) is 0.700. The average Bonchev–Trinajstić information content (AvgIpc) is 2.24. The van der Waals surface area contributed by atoms with Crippen LogP contribution in [0.5, 0.6) is 0 Å². The van der Waals surface area contributed by atoms with Crippen LogP contribution in [0, 0.1) is 11.8 Å². The lowest BCUT2D eigenvalue weighted by molar-refractivity contribution is -0.157. The first-order chi connectivity index (χ1) is 7.59. The minimum Gasteiger partial charge on any atom is -0.481 e. The summed E-state index contributed by atoms with van der Waals surface area (Å²) in [6, 6.07) is 0. The van der Waals surface area contributed by atoms with Crippen LogP contribution >= 0.6 is 0 Å². The maximum Gasteiger partial charge on any atom is 0.307 e. The van der Waals surface area contributed by atoms with Crippen molar-refractivity contribution in [2.75, 3.05) is 13.1 Å². The molecule has 1 saturated carbocycles. The van der Waals surface area contributed by atoms with Crippen LogP contribution < -0.4 is 0 Å². The minimum atomic E-state index is -0.862. The number of nitrogens with zero attached hydrogens (tertiary/aromatic N) is 1. The molecule has 2 rings (SSSR count). The Balaban J connectivity index is 2.00. The van der Waals surface area contributed by atoms with E-state index in [9.17, 15) is 9.59 Å². The number of hydrogen-bond donors (Lipinski definition) is 2. The monoisotopic (exact) mass is 227 g/mol. The number of aliphatic hydroxyl groups excluding tert-OH is 1. The highest BCUT2D eigenvalue weighted by atomic mass is 16.4. The predicted octanol–water partition coefficient (Wildman–Crippen LogP) is 0.0805. The second-order valence-electron chi connectivity index (χ2n) is 4.73. The Bertz CT molecular complexity index is 298. The molecule has 0 aromatic heterocycles. The van der Waals surface area contributed by atoms with E-state index in [-0.39, 0.29) is 11.8 Å². The number of carbonyl (C=O) groups excluding carboxylic acids is 1. The SMILES string of the molecule is O=C(O)C1CCCCC1C(=O)N1CC(O)C1. The summed E-state index contributed by atoms with van der Waals surface area (Å²) < 4.78 is 0. The lowest BCUT2D eigenvalue weighted by Crippen LogP contribution is -2.56. The summed E-state index contributed by atoms with van der Waals surface area (Å²) >= 11 is 0. The van der Waals surface area contributed by atoms with E-state index in [1.54, 1.807) is 4.90 Å². The second kappa shape index (κ2) is 4.41. The molecule has 0 bridgehead atoms. The summed E-state index contributed by atoms with van der Waals surface area (Å²) in [5.74, 6) is -1.85. The molecule has 1 heterocycles. The van der Waals surface area contributed by atoms with Crippen molar-refractivity contribution >= 4 is 11.9 Å². The highest BCUT2D eigenvalue weighted by Gasteiger charge is 2.40. The van der Waals surface area contributed by atoms with Crippen LogP contribution in [0.3, 0.4) is 0 Å².